The molecule has 0 bridgehead atoms. The maximum atomic E-state index is 12.1. The van der Waals surface area contributed by atoms with E-state index in [0.717, 1.165) is 38.9 Å². The number of hydrogen-bond acceptors (Lipinski definition) is 4. The highest BCUT2D eigenvalue weighted by Gasteiger charge is 2.19. The van der Waals surface area contributed by atoms with E-state index in [1.165, 1.54) is 103 Å². The largest absolute Gasteiger partial charge is 0.472 e. The van der Waals surface area contributed by atoms with E-state index in [1.54, 1.807) is 0 Å². The van der Waals surface area contributed by atoms with Gasteiger partial charge in [-0.1, -0.05) is 136 Å². The van der Waals surface area contributed by atoms with Crippen molar-refractivity contribution in [1.82, 2.24) is 4.90 Å². The van der Waals surface area contributed by atoms with E-state index in [9.17, 15) is 9.46 Å². The minimum atomic E-state index is -3.95. The number of nitrogens with zero attached hydrogens (tertiary/aromatic N) is 1. The first-order valence-electron chi connectivity index (χ1n) is 15.0. The van der Waals surface area contributed by atoms with Gasteiger partial charge in [-0.15, -0.1) is 0 Å². The minimum absolute atomic E-state index is 0.118. The Labute approximate surface area is 219 Å². The molecule has 6 heteroatoms. The highest BCUT2D eigenvalue weighted by atomic mass is 31.2. The fourth-order valence-corrected chi connectivity index (χ4v) is 4.94. The second kappa shape index (κ2) is 26.9. The molecular formula is C29H60NO4P. The van der Waals surface area contributed by atoms with E-state index < -0.39 is 7.82 Å². The molecule has 0 fully saturated rings. The molecule has 0 aliphatic carbocycles. The summed E-state index contributed by atoms with van der Waals surface area (Å²) in [5.74, 6) is 0. The Morgan fingerprint density at radius 3 is 1.51 bits per heavy atom. The molecule has 0 radical (unpaired) electrons. The number of phosphoric acid groups is 1. The highest BCUT2D eigenvalue weighted by Crippen LogP contribution is 2.43. The summed E-state index contributed by atoms with van der Waals surface area (Å²) in [5.41, 5.74) is 0. The number of unbranched alkanes of at least 4 members (excludes halogenated alkanes) is 16. The lowest BCUT2D eigenvalue weighted by atomic mass is 10.1. The molecule has 0 saturated heterocycles. The van der Waals surface area contributed by atoms with Crippen molar-refractivity contribution in [2.45, 2.75) is 143 Å². The predicted octanol–water partition coefficient (Wildman–Crippen LogP) is 9.45. The van der Waals surface area contributed by atoms with E-state index >= 15 is 0 Å². The Balaban J connectivity index is 4.09. The van der Waals surface area contributed by atoms with Gasteiger partial charge in [-0.2, -0.15) is 0 Å². The summed E-state index contributed by atoms with van der Waals surface area (Å²) in [5, 5.41) is 0. The number of phosphoric ester groups is 1. The molecule has 0 aliphatic heterocycles. The van der Waals surface area contributed by atoms with E-state index in [-0.39, 0.29) is 13.2 Å². The van der Waals surface area contributed by atoms with Gasteiger partial charge in [-0.05, 0) is 32.4 Å². The maximum absolute atomic E-state index is 12.1. The van der Waals surface area contributed by atoms with Crippen molar-refractivity contribution in [1.29, 1.82) is 0 Å². The van der Waals surface area contributed by atoms with Crippen LogP contribution in [0, 0.1) is 0 Å². The molecule has 1 N–H and O–H groups in total. The van der Waals surface area contributed by atoms with Crippen molar-refractivity contribution in [3.8, 4) is 0 Å². The lowest BCUT2D eigenvalue weighted by Crippen LogP contribution is -2.26. The van der Waals surface area contributed by atoms with Crippen LogP contribution in [-0.4, -0.2) is 42.6 Å². The summed E-state index contributed by atoms with van der Waals surface area (Å²) in [6.07, 6.45) is 27.8. The summed E-state index contributed by atoms with van der Waals surface area (Å²) in [6, 6.07) is 0. The fourth-order valence-electron chi connectivity index (χ4n) is 4.23. The quantitative estimate of drug-likeness (QED) is 0.0636. The third-order valence-electron chi connectivity index (χ3n) is 6.52. The summed E-state index contributed by atoms with van der Waals surface area (Å²) in [6.45, 7) is 10.3. The zero-order valence-electron chi connectivity index (χ0n) is 23.7. The summed E-state index contributed by atoms with van der Waals surface area (Å²) in [4.78, 5) is 12.4. The van der Waals surface area contributed by atoms with Gasteiger partial charge in [0.1, 0.15) is 0 Å². The van der Waals surface area contributed by atoms with Crippen LogP contribution in [0.3, 0.4) is 0 Å². The molecule has 0 aromatic carbocycles. The van der Waals surface area contributed by atoms with Crippen LogP contribution in [0.2, 0.25) is 0 Å². The van der Waals surface area contributed by atoms with Crippen LogP contribution in [0.4, 0.5) is 0 Å². The molecule has 210 valence electrons. The molecule has 0 rings (SSSR count). The lowest BCUT2D eigenvalue weighted by Gasteiger charge is -2.21. The van der Waals surface area contributed by atoms with Crippen LogP contribution in [0.15, 0.2) is 12.2 Å². The Hall–Kier alpha value is -0.190. The Morgan fingerprint density at radius 2 is 1.03 bits per heavy atom. The zero-order chi connectivity index (χ0) is 25.9. The van der Waals surface area contributed by atoms with Crippen LogP contribution >= 0.6 is 7.82 Å². The Bertz CT molecular complexity index is 485. The number of rotatable bonds is 28. The Morgan fingerprint density at radius 1 is 0.600 bits per heavy atom. The van der Waals surface area contributed by atoms with Gasteiger partial charge in [0.05, 0.1) is 13.2 Å². The van der Waals surface area contributed by atoms with Gasteiger partial charge in [-0.3, -0.25) is 13.9 Å². The van der Waals surface area contributed by atoms with E-state index in [2.05, 4.69) is 31.7 Å². The SMILES string of the molecule is CCCCCCCCCOP(=O)(O)OCC=CCN(CCCCCCCC)CCCCCCCC. The van der Waals surface area contributed by atoms with Gasteiger partial charge in [0.2, 0.25) is 0 Å². The molecule has 0 heterocycles. The van der Waals surface area contributed by atoms with Crippen molar-refractivity contribution in [3.05, 3.63) is 12.2 Å². The fraction of sp³-hybridized carbons (Fsp3) is 0.931. The van der Waals surface area contributed by atoms with Crippen LogP contribution < -0.4 is 0 Å². The molecule has 1 unspecified atom stereocenters. The first-order chi connectivity index (χ1) is 17.1. The molecule has 0 aromatic rings. The number of hydrogen-bond donors (Lipinski definition) is 1. The molecular weight excluding hydrogens is 457 g/mol. The van der Waals surface area contributed by atoms with Gasteiger partial charge < -0.3 is 4.89 Å². The summed E-state index contributed by atoms with van der Waals surface area (Å²) < 4.78 is 22.3. The summed E-state index contributed by atoms with van der Waals surface area (Å²) >= 11 is 0. The monoisotopic (exact) mass is 517 g/mol. The first kappa shape index (κ1) is 34.8. The second-order valence-electron chi connectivity index (χ2n) is 10.0. The van der Waals surface area contributed by atoms with E-state index in [0.29, 0.717) is 0 Å². The molecule has 1 atom stereocenters. The predicted molar refractivity (Wildman–Crippen MR) is 152 cm³/mol. The molecule has 0 spiro atoms. The van der Waals surface area contributed by atoms with Crippen LogP contribution in [0.25, 0.3) is 0 Å². The molecule has 5 nitrogen and oxygen atoms in total. The van der Waals surface area contributed by atoms with Crippen LogP contribution in [0.1, 0.15) is 143 Å². The molecule has 35 heavy (non-hydrogen) atoms. The molecule has 0 aliphatic rings. The summed E-state index contributed by atoms with van der Waals surface area (Å²) in [7, 11) is -3.95. The molecule has 0 aromatic heterocycles. The third-order valence-corrected chi connectivity index (χ3v) is 7.51. The van der Waals surface area contributed by atoms with Crippen molar-refractivity contribution in [2.75, 3.05) is 32.8 Å². The van der Waals surface area contributed by atoms with Gasteiger partial charge in [0.15, 0.2) is 0 Å². The second-order valence-corrected chi connectivity index (χ2v) is 11.5. The lowest BCUT2D eigenvalue weighted by molar-refractivity contribution is 0.158. The first-order valence-corrected chi connectivity index (χ1v) is 16.5. The zero-order valence-corrected chi connectivity index (χ0v) is 24.6. The average Bonchev–Trinajstić information content (AvgIpc) is 2.84. The Kier molecular flexibility index (Phi) is 26.7. The normalized spacial score (nSPS) is 13.7. The smallest absolute Gasteiger partial charge is 0.302 e. The van der Waals surface area contributed by atoms with Crippen molar-refractivity contribution >= 4 is 7.82 Å². The van der Waals surface area contributed by atoms with Crippen molar-refractivity contribution in [2.24, 2.45) is 0 Å². The highest BCUT2D eigenvalue weighted by molar-refractivity contribution is 7.47. The third kappa shape index (κ3) is 26.7. The van der Waals surface area contributed by atoms with E-state index in [4.69, 9.17) is 9.05 Å². The minimum Gasteiger partial charge on any atom is -0.302 e. The van der Waals surface area contributed by atoms with Gasteiger partial charge in [-0.25, -0.2) is 4.57 Å². The topological polar surface area (TPSA) is 59.0 Å². The van der Waals surface area contributed by atoms with Gasteiger partial charge in [0.25, 0.3) is 0 Å². The van der Waals surface area contributed by atoms with Crippen LogP contribution in [-0.2, 0) is 13.6 Å². The van der Waals surface area contributed by atoms with Crippen LogP contribution in [0.5, 0.6) is 0 Å². The van der Waals surface area contributed by atoms with Crippen molar-refractivity contribution in [3.63, 3.8) is 0 Å². The average molecular weight is 518 g/mol. The van der Waals surface area contributed by atoms with E-state index in [1.807, 2.05) is 6.08 Å². The van der Waals surface area contributed by atoms with Crippen molar-refractivity contribution < 1.29 is 18.5 Å². The molecule has 0 amide bonds. The standard InChI is InChI=1S/C29H60NO4P/c1-4-7-10-13-16-19-23-28-33-35(31,32)34-29-24-22-27-30(25-20-17-14-11-8-5-2)26-21-18-15-12-9-6-3/h22,24H,4-21,23,25-29H2,1-3H3,(H,31,32). The molecule has 0 saturated carbocycles. The van der Waals surface area contributed by atoms with Gasteiger partial charge >= 0.3 is 7.82 Å². The maximum Gasteiger partial charge on any atom is 0.472 e. The van der Waals surface area contributed by atoms with Gasteiger partial charge in [0, 0.05) is 6.54 Å².